The number of hydrogen-bond acceptors (Lipinski definition) is 1. The van der Waals surface area contributed by atoms with Crippen molar-refractivity contribution in [3.8, 4) is 0 Å². The lowest BCUT2D eigenvalue weighted by atomic mass is 9.81. The zero-order valence-electron chi connectivity index (χ0n) is 9.77. The third-order valence-corrected chi connectivity index (χ3v) is 2.63. The maximum absolute atomic E-state index is 9.29. The summed E-state index contributed by atoms with van der Waals surface area (Å²) in [5.41, 5.74) is 1.29. The van der Waals surface area contributed by atoms with Gasteiger partial charge in [0, 0.05) is 12.5 Å². The van der Waals surface area contributed by atoms with Gasteiger partial charge in [-0.05, 0) is 11.0 Å². The van der Waals surface area contributed by atoms with E-state index in [0.29, 0.717) is 0 Å². The normalized spacial score (nSPS) is 14.4. The lowest BCUT2D eigenvalue weighted by Crippen LogP contribution is -2.21. The van der Waals surface area contributed by atoms with Gasteiger partial charge in [-0.2, -0.15) is 0 Å². The van der Waals surface area contributed by atoms with Crippen LogP contribution in [-0.4, -0.2) is 11.7 Å². The summed E-state index contributed by atoms with van der Waals surface area (Å²) < 4.78 is 0. The molecule has 1 nitrogen and oxygen atoms in total. The summed E-state index contributed by atoms with van der Waals surface area (Å²) in [5.74, 6) is 0.206. The quantitative estimate of drug-likeness (QED) is 0.800. The molecule has 1 unspecified atom stereocenters. The zero-order chi connectivity index (χ0) is 11.3. The van der Waals surface area contributed by atoms with Gasteiger partial charge in [0.15, 0.2) is 0 Å². The van der Waals surface area contributed by atoms with Gasteiger partial charge in [-0.3, -0.25) is 0 Å². The van der Waals surface area contributed by atoms with E-state index in [1.807, 2.05) is 18.2 Å². The summed E-state index contributed by atoms with van der Waals surface area (Å²) >= 11 is 0. The molecule has 0 heterocycles. The van der Waals surface area contributed by atoms with E-state index in [4.69, 9.17) is 0 Å². The molecule has 1 N–H and O–H groups in total. The van der Waals surface area contributed by atoms with Gasteiger partial charge in [-0.1, -0.05) is 63.3 Å². The summed E-state index contributed by atoms with van der Waals surface area (Å²) in [5, 5.41) is 9.29. The highest BCUT2D eigenvalue weighted by Gasteiger charge is 2.20. The number of rotatable bonds is 3. The van der Waals surface area contributed by atoms with Crippen LogP contribution in [0, 0.1) is 11.3 Å². The van der Waals surface area contributed by atoms with Crippen molar-refractivity contribution in [3.63, 3.8) is 0 Å². The highest BCUT2D eigenvalue weighted by molar-refractivity contribution is 5.49. The Balaban J connectivity index is 2.72. The van der Waals surface area contributed by atoms with E-state index in [0.717, 1.165) is 0 Å². The SMILES string of the molecule is CC(C)(C)C(/C=C/c1ccccc1)CO. The van der Waals surface area contributed by atoms with Crippen LogP contribution in [0.25, 0.3) is 6.08 Å². The second-order valence-electron chi connectivity index (χ2n) is 4.92. The van der Waals surface area contributed by atoms with Crippen LogP contribution in [0.15, 0.2) is 36.4 Å². The van der Waals surface area contributed by atoms with Crippen molar-refractivity contribution in [3.05, 3.63) is 42.0 Å². The molecule has 1 rings (SSSR count). The van der Waals surface area contributed by atoms with Gasteiger partial charge in [-0.25, -0.2) is 0 Å². The average Bonchev–Trinajstić information content (AvgIpc) is 2.18. The largest absolute Gasteiger partial charge is 0.396 e. The van der Waals surface area contributed by atoms with Gasteiger partial charge in [0.1, 0.15) is 0 Å². The minimum atomic E-state index is 0.111. The summed E-state index contributed by atoms with van der Waals surface area (Å²) in [6.45, 7) is 6.63. The van der Waals surface area contributed by atoms with E-state index in [-0.39, 0.29) is 17.9 Å². The van der Waals surface area contributed by atoms with E-state index in [2.05, 4.69) is 45.1 Å². The molecule has 0 saturated heterocycles. The number of aliphatic hydroxyl groups excluding tert-OH is 1. The number of hydrogen-bond donors (Lipinski definition) is 1. The minimum absolute atomic E-state index is 0.111. The maximum Gasteiger partial charge on any atom is 0.0498 e. The van der Waals surface area contributed by atoms with Crippen molar-refractivity contribution >= 4 is 6.08 Å². The second-order valence-corrected chi connectivity index (χ2v) is 4.92. The van der Waals surface area contributed by atoms with Crippen LogP contribution in [0.5, 0.6) is 0 Å². The van der Waals surface area contributed by atoms with Crippen LogP contribution in [0.1, 0.15) is 26.3 Å². The first kappa shape index (κ1) is 12.0. The van der Waals surface area contributed by atoms with Gasteiger partial charge in [0.05, 0.1) is 0 Å². The molecule has 0 aromatic heterocycles. The molecule has 0 bridgehead atoms. The van der Waals surface area contributed by atoms with Crippen LogP contribution in [0.2, 0.25) is 0 Å². The van der Waals surface area contributed by atoms with Gasteiger partial charge in [0.2, 0.25) is 0 Å². The van der Waals surface area contributed by atoms with E-state index < -0.39 is 0 Å². The Bertz CT molecular complexity index is 306. The van der Waals surface area contributed by atoms with E-state index in [9.17, 15) is 5.11 Å². The molecule has 0 amide bonds. The van der Waals surface area contributed by atoms with Gasteiger partial charge in [0.25, 0.3) is 0 Å². The van der Waals surface area contributed by atoms with Crippen LogP contribution in [0.3, 0.4) is 0 Å². The molecule has 1 heteroatoms. The zero-order valence-corrected chi connectivity index (χ0v) is 9.77. The van der Waals surface area contributed by atoms with Gasteiger partial charge >= 0.3 is 0 Å². The third-order valence-electron chi connectivity index (χ3n) is 2.63. The Kier molecular flexibility index (Phi) is 4.10. The molecular formula is C14H20O. The Morgan fingerprint density at radius 2 is 1.80 bits per heavy atom. The first-order chi connectivity index (χ1) is 7.04. The van der Waals surface area contributed by atoms with E-state index in [1.165, 1.54) is 5.56 Å². The molecule has 0 fully saturated rings. The first-order valence-corrected chi connectivity index (χ1v) is 5.38. The van der Waals surface area contributed by atoms with E-state index in [1.54, 1.807) is 0 Å². The van der Waals surface area contributed by atoms with E-state index >= 15 is 0 Å². The molecule has 0 aliphatic carbocycles. The fourth-order valence-corrected chi connectivity index (χ4v) is 1.41. The standard InChI is InChI=1S/C14H20O/c1-14(2,3)13(11-15)10-9-12-7-5-4-6-8-12/h4-10,13,15H,11H2,1-3H3/b10-9+. The smallest absolute Gasteiger partial charge is 0.0498 e. The second kappa shape index (κ2) is 5.13. The van der Waals surface area contributed by atoms with Crippen LogP contribution < -0.4 is 0 Å². The summed E-state index contributed by atoms with van der Waals surface area (Å²) in [4.78, 5) is 0. The molecule has 0 spiro atoms. The highest BCUT2D eigenvalue weighted by Crippen LogP contribution is 2.27. The molecule has 0 aliphatic rings. The Morgan fingerprint density at radius 1 is 1.20 bits per heavy atom. The van der Waals surface area contributed by atoms with Crippen LogP contribution >= 0.6 is 0 Å². The lowest BCUT2D eigenvalue weighted by Gasteiger charge is -2.26. The molecular weight excluding hydrogens is 184 g/mol. The van der Waals surface area contributed by atoms with Crippen molar-refractivity contribution in [1.82, 2.24) is 0 Å². The fraction of sp³-hybridized carbons (Fsp3) is 0.429. The minimum Gasteiger partial charge on any atom is -0.396 e. The monoisotopic (exact) mass is 204 g/mol. The average molecular weight is 204 g/mol. The summed E-state index contributed by atoms with van der Waals surface area (Å²) in [6.07, 6.45) is 4.17. The van der Waals surface area contributed by atoms with Crippen molar-refractivity contribution in [2.45, 2.75) is 20.8 Å². The Hall–Kier alpha value is -1.08. The Labute approximate surface area is 92.5 Å². The third kappa shape index (κ3) is 3.88. The van der Waals surface area contributed by atoms with Gasteiger partial charge < -0.3 is 5.11 Å². The molecule has 0 radical (unpaired) electrons. The molecule has 82 valence electrons. The molecule has 1 aromatic carbocycles. The van der Waals surface area contributed by atoms with Crippen LogP contribution in [0.4, 0.5) is 0 Å². The molecule has 1 atom stereocenters. The maximum atomic E-state index is 9.29. The van der Waals surface area contributed by atoms with Crippen molar-refractivity contribution in [1.29, 1.82) is 0 Å². The topological polar surface area (TPSA) is 20.2 Å². The van der Waals surface area contributed by atoms with Crippen molar-refractivity contribution < 1.29 is 5.11 Å². The lowest BCUT2D eigenvalue weighted by molar-refractivity contribution is 0.167. The van der Waals surface area contributed by atoms with Gasteiger partial charge in [-0.15, -0.1) is 0 Å². The summed E-state index contributed by atoms with van der Waals surface area (Å²) in [7, 11) is 0. The predicted octanol–water partition coefficient (Wildman–Crippen LogP) is 3.35. The molecule has 1 aromatic rings. The summed E-state index contributed by atoms with van der Waals surface area (Å²) in [6, 6.07) is 10.2. The highest BCUT2D eigenvalue weighted by atomic mass is 16.3. The molecule has 0 saturated carbocycles. The van der Waals surface area contributed by atoms with Crippen molar-refractivity contribution in [2.75, 3.05) is 6.61 Å². The van der Waals surface area contributed by atoms with Crippen LogP contribution in [-0.2, 0) is 0 Å². The number of benzene rings is 1. The molecule has 0 aliphatic heterocycles. The molecule has 15 heavy (non-hydrogen) atoms. The predicted molar refractivity (Wildman–Crippen MR) is 65.5 cm³/mol. The fourth-order valence-electron chi connectivity index (χ4n) is 1.41. The number of aliphatic hydroxyl groups is 1. The Morgan fingerprint density at radius 3 is 2.27 bits per heavy atom. The van der Waals surface area contributed by atoms with Crippen molar-refractivity contribution in [2.24, 2.45) is 11.3 Å². The first-order valence-electron chi connectivity index (χ1n) is 5.38.